The monoisotopic (exact) mass is 377 g/mol. The van der Waals surface area contributed by atoms with E-state index in [1.807, 2.05) is 24.3 Å². The molecule has 0 spiro atoms. The summed E-state index contributed by atoms with van der Waals surface area (Å²) in [5.41, 5.74) is 1.14. The summed E-state index contributed by atoms with van der Waals surface area (Å²) in [4.78, 5) is 11.8. The van der Waals surface area contributed by atoms with Crippen LogP contribution in [0.15, 0.2) is 57.5 Å². The molecule has 0 aliphatic rings. The zero-order valence-electron chi connectivity index (χ0n) is 12.3. The van der Waals surface area contributed by atoms with Gasteiger partial charge in [0.1, 0.15) is 5.76 Å². The Morgan fingerprint density at radius 3 is 2.88 bits per heavy atom. The second kappa shape index (κ2) is 8.14. The van der Waals surface area contributed by atoms with Crippen LogP contribution in [-0.4, -0.2) is 16.1 Å². The summed E-state index contributed by atoms with van der Waals surface area (Å²) in [6.45, 7) is 0. The number of hydrogen-bond donors (Lipinski definition) is 1. The SMILES string of the molecule is O=C(/C=C/c1ccco1)Nc1nnc(SCc2ccc(Cl)cc2)s1. The second-order valence-electron chi connectivity index (χ2n) is 4.63. The predicted octanol–water partition coefficient (Wildman–Crippen LogP) is 4.73. The molecule has 8 heteroatoms. The van der Waals surface area contributed by atoms with E-state index in [0.29, 0.717) is 15.9 Å². The fourth-order valence-corrected chi connectivity index (χ4v) is 3.57. The van der Waals surface area contributed by atoms with E-state index in [4.69, 9.17) is 16.0 Å². The third-order valence-corrected chi connectivity index (χ3v) is 5.15. The number of nitrogens with one attached hydrogen (secondary N) is 1. The molecule has 0 fully saturated rings. The minimum Gasteiger partial charge on any atom is -0.465 e. The number of nitrogens with zero attached hydrogens (tertiary/aromatic N) is 2. The van der Waals surface area contributed by atoms with Crippen molar-refractivity contribution in [1.82, 2.24) is 10.2 Å². The van der Waals surface area contributed by atoms with E-state index in [0.717, 1.165) is 15.7 Å². The molecule has 122 valence electrons. The summed E-state index contributed by atoms with van der Waals surface area (Å²) in [5, 5.41) is 11.9. The molecule has 0 aliphatic heterocycles. The van der Waals surface area contributed by atoms with E-state index in [1.165, 1.54) is 17.4 Å². The van der Waals surface area contributed by atoms with Crippen molar-refractivity contribution in [3.8, 4) is 0 Å². The third-order valence-electron chi connectivity index (χ3n) is 2.85. The standard InChI is InChI=1S/C16H12ClN3O2S2/c17-12-5-3-11(4-6-12)10-23-16-20-19-15(24-16)18-14(21)8-7-13-2-1-9-22-13/h1-9H,10H2,(H,18,19,21)/b8-7+. The highest BCUT2D eigenvalue weighted by molar-refractivity contribution is 8.00. The maximum absolute atomic E-state index is 11.8. The van der Waals surface area contributed by atoms with Crippen molar-refractivity contribution in [3.63, 3.8) is 0 Å². The Hall–Kier alpha value is -2.09. The van der Waals surface area contributed by atoms with Gasteiger partial charge in [0.2, 0.25) is 11.0 Å². The van der Waals surface area contributed by atoms with Crippen molar-refractivity contribution in [2.45, 2.75) is 10.1 Å². The van der Waals surface area contributed by atoms with E-state index >= 15 is 0 Å². The topological polar surface area (TPSA) is 68.0 Å². The largest absolute Gasteiger partial charge is 0.465 e. The van der Waals surface area contributed by atoms with E-state index in [9.17, 15) is 4.79 Å². The van der Waals surface area contributed by atoms with Gasteiger partial charge in [0.05, 0.1) is 6.26 Å². The van der Waals surface area contributed by atoms with Crippen LogP contribution in [0, 0.1) is 0 Å². The summed E-state index contributed by atoms with van der Waals surface area (Å²) in [7, 11) is 0. The number of rotatable bonds is 6. The zero-order valence-corrected chi connectivity index (χ0v) is 14.7. The summed E-state index contributed by atoms with van der Waals surface area (Å²) in [6, 6.07) is 11.2. The van der Waals surface area contributed by atoms with Crippen LogP contribution >= 0.6 is 34.7 Å². The normalized spacial score (nSPS) is 11.0. The van der Waals surface area contributed by atoms with Crippen molar-refractivity contribution >= 4 is 51.8 Å². The minimum atomic E-state index is -0.281. The molecule has 3 aromatic rings. The van der Waals surface area contributed by atoms with Crippen molar-refractivity contribution in [3.05, 3.63) is 65.1 Å². The Labute approximate surface area is 151 Å². The molecule has 24 heavy (non-hydrogen) atoms. The summed E-state index contributed by atoms with van der Waals surface area (Å²) in [5.74, 6) is 1.09. The highest BCUT2D eigenvalue weighted by Crippen LogP contribution is 2.28. The van der Waals surface area contributed by atoms with Crippen LogP contribution in [0.1, 0.15) is 11.3 Å². The van der Waals surface area contributed by atoms with Gasteiger partial charge in [-0.2, -0.15) is 0 Å². The first-order valence-corrected chi connectivity index (χ1v) is 9.10. The molecule has 0 atom stereocenters. The van der Waals surface area contributed by atoms with Gasteiger partial charge in [0.15, 0.2) is 4.34 Å². The molecule has 2 aromatic heterocycles. The van der Waals surface area contributed by atoms with E-state index in [2.05, 4.69) is 15.5 Å². The molecular formula is C16H12ClN3O2S2. The van der Waals surface area contributed by atoms with Gasteiger partial charge in [-0.15, -0.1) is 10.2 Å². The number of carbonyl (C=O) groups excluding carboxylic acids is 1. The lowest BCUT2D eigenvalue weighted by Crippen LogP contribution is -2.07. The average molecular weight is 378 g/mol. The molecule has 1 aromatic carbocycles. The molecule has 1 amide bonds. The van der Waals surface area contributed by atoms with Crippen LogP contribution in [0.5, 0.6) is 0 Å². The number of anilines is 1. The molecule has 0 saturated carbocycles. The molecule has 5 nitrogen and oxygen atoms in total. The van der Waals surface area contributed by atoms with Crippen LogP contribution in [0.25, 0.3) is 6.08 Å². The second-order valence-corrected chi connectivity index (χ2v) is 7.26. The van der Waals surface area contributed by atoms with Gasteiger partial charge >= 0.3 is 0 Å². The van der Waals surface area contributed by atoms with E-state index < -0.39 is 0 Å². The zero-order chi connectivity index (χ0) is 16.8. The Morgan fingerprint density at radius 2 is 2.12 bits per heavy atom. The Morgan fingerprint density at radius 1 is 1.29 bits per heavy atom. The first kappa shape index (κ1) is 16.8. The number of amides is 1. The van der Waals surface area contributed by atoms with Gasteiger partial charge in [-0.25, -0.2) is 0 Å². The fourth-order valence-electron chi connectivity index (χ4n) is 1.74. The van der Waals surface area contributed by atoms with Crippen molar-refractivity contribution in [1.29, 1.82) is 0 Å². The summed E-state index contributed by atoms with van der Waals surface area (Å²) in [6.07, 6.45) is 4.53. The Bertz CT molecular complexity index is 829. The van der Waals surface area contributed by atoms with Crippen LogP contribution in [0.3, 0.4) is 0 Å². The highest BCUT2D eigenvalue weighted by Gasteiger charge is 2.07. The lowest BCUT2D eigenvalue weighted by atomic mass is 10.2. The number of thioether (sulfide) groups is 1. The highest BCUT2D eigenvalue weighted by atomic mass is 35.5. The average Bonchev–Trinajstić information content (AvgIpc) is 3.24. The first-order chi connectivity index (χ1) is 11.7. The molecule has 2 heterocycles. The van der Waals surface area contributed by atoms with Crippen LogP contribution in [0.2, 0.25) is 5.02 Å². The lowest BCUT2D eigenvalue weighted by molar-refractivity contribution is -0.111. The Balaban J connectivity index is 1.51. The molecule has 3 rings (SSSR count). The van der Waals surface area contributed by atoms with E-state index in [1.54, 1.807) is 36.2 Å². The number of benzene rings is 1. The van der Waals surface area contributed by atoms with Crippen LogP contribution in [-0.2, 0) is 10.5 Å². The predicted molar refractivity (Wildman–Crippen MR) is 97.3 cm³/mol. The molecule has 0 aliphatic carbocycles. The van der Waals surface area contributed by atoms with Crippen molar-refractivity contribution in [2.24, 2.45) is 0 Å². The van der Waals surface area contributed by atoms with Gasteiger partial charge in [0, 0.05) is 16.9 Å². The molecule has 0 unspecified atom stereocenters. The number of halogens is 1. The third kappa shape index (κ3) is 4.95. The smallest absolute Gasteiger partial charge is 0.250 e. The number of hydrogen-bond acceptors (Lipinski definition) is 6. The maximum Gasteiger partial charge on any atom is 0.250 e. The molecule has 0 radical (unpaired) electrons. The van der Waals surface area contributed by atoms with Gasteiger partial charge in [-0.3, -0.25) is 10.1 Å². The minimum absolute atomic E-state index is 0.281. The Kier molecular flexibility index (Phi) is 5.68. The van der Waals surface area contributed by atoms with Crippen molar-refractivity contribution in [2.75, 3.05) is 5.32 Å². The molecule has 0 bridgehead atoms. The first-order valence-electron chi connectivity index (χ1n) is 6.92. The van der Waals surface area contributed by atoms with E-state index in [-0.39, 0.29) is 5.91 Å². The van der Waals surface area contributed by atoms with Gasteiger partial charge in [-0.05, 0) is 35.9 Å². The van der Waals surface area contributed by atoms with Gasteiger partial charge < -0.3 is 4.42 Å². The molecular weight excluding hydrogens is 366 g/mol. The van der Waals surface area contributed by atoms with Gasteiger partial charge in [-0.1, -0.05) is 46.8 Å². The van der Waals surface area contributed by atoms with Crippen molar-refractivity contribution < 1.29 is 9.21 Å². The fraction of sp³-hybridized carbons (Fsp3) is 0.0625. The quantitative estimate of drug-likeness (QED) is 0.382. The molecule has 1 N–H and O–H groups in total. The number of carbonyl (C=O) groups is 1. The van der Waals surface area contributed by atoms with Gasteiger partial charge in [0.25, 0.3) is 0 Å². The van der Waals surface area contributed by atoms with Crippen LogP contribution in [0.4, 0.5) is 5.13 Å². The maximum atomic E-state index is 11.8. The lowest BCUT2D eigenvalue weighted by Gasteiger charge is -1.98. The van der Waals surface area contributed by atoms with Crippen LogP contribution < -0.4 is 5.32 Å². The number of aromatic nitrogens is 2. The summed E-state index contributed by atoms with van der Waals surface area (Å²) < 4.78 is 5.90. The summed E-state index contributed by atoms with van der Waals surface area (Å²) >= 11 is 8.75. The number of furan rings is 1. The molecule has 0 saturated heterocycles.